The molecule has 0 aromatic rings. The van der Waals surface area contributed by atoms with Gasteiger partial charge in [-0.05, 0) is 11.6 Å². The summed E-state index contributed by atoms with van der Waals surface area (Å²) in [5.41, 5.74) is 0. The fraction of sp³-hybridized carbons (Fsp3) is 0.600. The summed E-state index contributed by atoms with van der Waals surface area (Å²) in [5, 5.41) is -0.620. The van der Waals surface area contributed by atoms with Gasteiger partial charge in [0.05, 0.1) is 6.42 Å². The van der Waals surface area contributed by atoms with E-state index < -0.39 is 5.24 Å². The zero-order valence-corrected chi connectivity index (χ0v) is 6.21. The maximum atomic E-state index is 10.5. The molecular weight excluding hydrogens is 163 g/mol. The first-order valence-corrected chi connectivity index (χ1v) is 3.34. The van der Waals surface area contributed by atoms with Gasteiger partial charge in [0, 0.05) is 12.3 Å². The van der Waals surface area contributed by atoms with Gasteiger partial charge in [0.15, 0.2) is 0 Å². The van der Waals surface area contributed by atoms with Crippen LogP contribution in [0.15, 0.2) is 0 Å². The first-order chi connectivity index (χ1) is 4.16. The molecule has 0 fully saturated rings. The molecule has 0 aliphatic carbocycles. The highest BCUT2D eigenvalue weighted by atomic mass is 35.5. The normalized spacial score (nSPS) is 9.11. The number of Topliss-reactive ketones (excluding diaryl/α,β-unsaturated/α-hetero) is 1. The molecule has 52 valence electrons. The van der Waals surface area contributed by atoms with E-state index in [1.54, 1.807) is 0 Å². The minimum atomic E-state index is -0.620. The number of carbonyl (C=O) groups excluding carboxylic acids is 2. The average molecular weight is 169 g/mol. The summed E-state index contributed by atoms with van der Waals surface area (Å²) < 4.78 is 0. The predicted molar refractivity (Wildman–Crippen MR) is 35.8 cm³/mol. The Morgan fingerprint density at radius 1 is 1.33 bits per heavy atom. The number of hydrogen-bond acceptors (Lipinski definition) is 2. The fourth-order valence-corrected chi connectivity index (χ4v) is 0.709. The van der Waals surface area contributed by atoms with Crippen molar-refractivity contribution in [3.63, 3.8) is 0 Å². The zero-order chi connectivity index (χ0) is 7.28. The highest BCUT2D eigenvalue weighted by Gasteiger charge is 2.04. The molecule has 0 saturated heterocycles. The van der Waals surface area contributed by atoms with Crippen LogP contribution in [0.4, 0.5) is 0 Å². The Morgan fingerprint density at radius 3 is 2.22 bits per heavy atom. The van der Waals surface area contributed by atoms with Crippen LogP contribution in [-0.2, 0) is 9.59 Å². The van der Waals surface area contributed by atoms with Crippen molar-refractivity contribution in [2.75, 3.05) is 5.88 Å². The van der Waals surface area contributed by atoms with Gasteiger partial charge < -0.3 is 0 Å². The molecule has 0 aromatic carbocycles. The van der Waals surface area contributed by atoms with Crippen molar-refractivity contribution in [3.8, 4) is 0 Å². The molecule has 0 N–H and O–H groups in total. The summed E-state index contributed by atoms with van der Waals surface area (Å²) in [6, 6.07) is 0. The maximum Gasteiger partial charge on any atom is 0.229 e. The van der Waals surface area contributed by atoms with Gasteiger partial charge in [0.25, 0.3) is 0 Å². The molecule has 0 amide bonds. The quantitative estimate of drug-likeness (QED) is 0.361. The van der Waals surface area contributed by atoms with E-state index in [1.807, 2.05) is 0 Å². The van der Waals surface area contributed by atoms with E-state index >= 15 is 0 Å². The van der Waals surface area contributed by atoms with Crippen molar-refractivity contribution in [3.05, 3.63) is 0 Å². The van der Waals surface area contributed by atoms with Crippen LogP contribution in [0.3, 0.4) is 0 Å². The van der Waals surface area contributed by atoms with Crippen LogP contribution in [0.1, 0.15) is 12.8 Å². The van der Waals surface area contributed by atoms with Gasteiger partial charge in [-0.2, -0.15) is 0 Å². The third-order valence-corrected chi connectivity index (χ3v) is 1.03. The Bertz CT molecular complexity index is 122. The molecule has 0 radical (unpaired) electrons. The summed E-state index contributed by atoms with van der Waals surface area (Å²) in [5.74, 6) is 0.0493. The predicted octanol–water partition coefficient (Wildman–Crippen LogP) is 1.34. The van der Waals surface area contributed by atoms with Gasteiger partial charge in [-0.15, -0.1) is 11.6 Å². The minimum Gasteiger partial charge on any atom is -0.299 e. The van der Waals surface area contributed by atoms with Crippen LogP contribution in [-0.4, -0.2) is 16.9 Å². The number of hydrogen-bond donors (Lipinski definition) is 0. The molecule has 0 aliphatic heterocycles. The summed E-state index contributed by atoms with van der Waals surface area (Å²) >= 11 is 10.1. The SMILES string of the molecule is O=C(Cl)CC(=O)CCCl. The van der Waals surface area contributed by atoms with E-state index in [0.717, 1.165) is 0 Å². The summed E-state index contributed by atoms with van der Waals surface area (Å²) in [7, 11) is 0. The van der Waals surface area contributed by atoms with Gasteiger partial charge in [-0.3, -0.25) is 9.59 Å². The lowest BCUT2D eigenvalue weighted by Gasteiger charge is -1.88. The molecule has 0 spiro atoms. The molecular formula is C5H6Cl2O2. The lowest BCUT2D eigenvalue weighted by molar-refractivity contribution is -0.123. The third kappa shape index (κ3) is 5.80. The number of ketones is 1. The smallest absolute Gasteiger partial charge is 0.229 e. The molecule has 2 nitrogen and oxygen atoms in total. The summed E-state index contributed by atoms with van der Waals surface area (Å²) in [6.07, 6.45) is 0.0221. The van der Waals surface area contributed by atoms with Gasteiger partial charge in [-0.25, -0.2) is 0 Å². The summed E-state index contributed by atoms with van der Waals surface area (Å²) in [4.78, 5) is 20.5. The van der Waals surface area contributed by atoms with E-state index in [0.29, 0.717) is 0 Å². The average Bonchev–Trinajstić information content (AvgIpc) is 1.63. The second-order valence-electron chi connectivity index (χ2n) is 1.51. The van der Waals surface area contributed by atoms with E-state index in [2.05, 4.69) is 0 Å². The summed E-state index contributed by atoms with van der Waals surface area (Å²) in [6.45, 7) is 0. The van der Waals surface area contributed by atoms with Crippen molar-refractivity contribution in [1.82, 2.24) is 0 Å². The standard InChI is InChI=1S/C5H6Cl2O2/c6-2-1-4(8)3-5(7)9/h1-3H2. The monoisotopic (exact) mass is 168 g/mol. The first kappa shape index (κ1) is 8.92. The molecule has 9 heavy (non-hydrogen) atoms. The molecule has 0 atom stereocenters. The molecule has 0 bridgehead atoms. The van der Waals surface area contributed by atoms with Crippen LogP contribution in [0.25, 0.3) is 0 Å². The molecule has 0 saturated carbocycles. The molecule has 0 rings (SSSR count). The second-order valence-corrected chi connectivity index (χ2v) is 2.31. The molecule has 0 unspecified atom stereocenters. The van der Waals surface area contributed by atoms with Gasteiger partial charge >= 0.3 is 0 Å². The molecule has 0 heterocycles. The highest BCUT2D eigenvalue weighted by Crippen LogP contribution is 1.95. The third-order valence-electron chi connectivity index (χ3n) is 0.709. The van der Waals surface area contributed by atoms with Crippen molar-refractivity contribution < 1.29 is 9.59 Å². The van der Waals surface area contributed by atoms with Gasteiger partial charge in [-0.1, -0.05) is 0 Å². The lowest BCUT2D eigenvalue weighted by Crippen LogP contribution is -2.02. The Labute approximate surface area is 63.1 Å². The van der Waals surface area contributed by atoms with Crippen molar-refractivity contribution in [2.24, 2.45) is 0 Å². The largest absolute Gasteiger partial charge is 0.299 e. The van der Waals surface area contributed by atoms with E-state index in [4.69, 9.17) is 23.2 Å². The molecule has 0 aromatic heterocycles. The Morgan fingerprint density at radius 2 is 1.89 bits per heavy atom. The second kappa shape index (κ2) is 4.77. The Balaban J connectivity index is 3.39. The zero-order valence-electron chi connectivity index (χ0n) is 4.69. The van der Waals surface area contributed by atoms with E-state index in [9.17, 15) is 9.59 Å². The minimum absolute atomic E-state index is 0.200. The van der Waals surface area contributed by atoms with Crippen molar-refractivity contribution in [2.45, 2.75) is 12.8 Å². The van der Waals surface area contributed by atoms with Gasteiger partial charge in [0.1, 0.15) is 5.78 Å². The number of rotatable bonds is 4. The van der Waals surface area contributed by atoms with E-state index in [-0.39, 0.29) is 24.5 Å². The number of carbonyl (C=O) groups is 2. The van der Waals surface area contributed by atoms with Crippen LogP contribution in [0, 0.1) is 0 Å². The van der Waals surface area contributed by atoms with Crippen LogP contribution >= 0.6 is 23.2 Å². The van der Waals surface area contributed by atoms with Gasteiger partial charge in [0.2, 0.25) is 5.24 Å². The number of alkyl halides is 1. The molecule has 0 aliphatic rings. The number of halogens is 2. The Hall–Kier alpha value is -0.0800. The van der Waals surface area contributed by atoms with Crippen molar-refractivity contribution in [1.29, 1.82) is 0 Å². The maximum absolute atomic E-state index is 10.5. The topological polar surface area (TPSA) is 34.1 Å². The van der Waals surface area contributed by atoms with Crippen LogP contribution < -0.4 is 0 Å². The molecule has 4 heteroatoms. The van der Waals surface area contributed by atoms with Crippen LogP contribution in [0.2, 0.25) is 0 Å². The van der Waals surface area contributed by atoms with Crippen LogP contribution in [0.5, 0.6) is 0 Å². The fourth-order valence-electron chi connectivity index (χ4n) is 0.349. The Kier molecular flexibility index (Phi) is 4.72. The van der Waals surface area contributed by atoms with Crippen molar-refractivity contribution >= 4 is 34.2 Å². The first-order valence-electron chi connectivity index (χ1n) is 2.43. The lowest BCUT2D eigenvalue weighted by atomic mass is 10.2. The highest BCUT2D eigenvalue weighted by molar-refractivity contribution is 6.64. The van der Waals surface area contributed by atoms with E-state index in [1.165, 1.54) is 0 Å².